The number of esters is 1. The lowest BCUT2D eigenvalue weighted by Crippen LogP contribution is -2.40. The fourth-order valence-corrected chi connectivity index (χ4v) is 4.09. The largest absolute Gasteiger partial charge is 0.469 e. The van der Waals surface area contributed by atoms with Crippen molar-refractivity contribution in [3.63, 3.8) is 0 Å². The number of nitrogens with zero attached hydrogens (tertiary/aromatic N) is 6. The van der Waals surface area contributed by atoms with E-state index in [4.69, 9.17) is 22.6 Å². The number of nitrogens with two attached hydrogens (primary N) is 2. The zero-order chi connectivity index (χ0) is 24.9. The van der Waals surface area contributed by atoms with Gasteiger partial charge in [0.05, 0.1) is 38.0 Å². The molecule has 0 spiro atoms. The Morgan fingerprint density at radius 2 is 1.89 bits per heavy atom. The van der Waals surface area contributed by atoms with Crippen LogP contribution in [0, 0.1) is 18.3 Å². The number of terminal acetylenes is 1. The maximum Gasteiger partial charge on any atom is 0.308 e. The summed E-state index contributed by atoms with van der Waals surface area (Å²) in [4.78, 5) is 45.1. The normalized spacial score (nSPS) is 13.9. The average molecular weight is 475 g/mol. The number of nitrogen functional groups attached to an aromatic ring is 2. The third-order valence-corrected chi connectivity index (χ3v) is 5.93. The van der Waals surface area contributed by atoms with Gasteiger partial charge in [0, 0.05) is 24.3 Å². The number of ether oxygens (including phenoxy) is 1. The molecule has 2 aromatic heterocycles. The van der Waals surface area contributed by atoms with Gasteiger partial charge in [-0.3, -0.25) is 9.59 Å². The Bertz CT molecular complexity index is 1280. The van der Waals surface area contributed by atoms with E-state index < -0.39 is 0 Å². The van der Waals surface area contributed by atoms with Crippen molar-refractivity contribution in [3.05, 3.63) is 41.7 Å². The van der Waals surface area contributed by atoms with Crippen molar-refractivity contribution in [3.8, 4) is 12.3 Å². The Morgan fingerprint density at radius 1 is 1.17 bits per heavy atom. The highest BCUT2D eigenvalue weighted by atomic mass is 16.5. The molecule has 4 N–H and O–H groups in total. The molecule has 0 aliphatic carbocycles. The van der Waals surface area contributed by atoms with Crippen LogP contribution in [0.4, 0.5) is 17.5 Å². The van der Waals surface area contributed by atoms with Crippen LogP contribution in [-0.4, -0.2) is 63.5 Å². The summed E-state index contributed by atoms with van der Waals surface area (Å²) in [7, 11) is 1.39. The average Bonchev–Trinajstić information content (AvgIpc) is 2.88. The molecule has 0 atom stereocenters. The Kier molecular flexibility index (Phi) is 6.91. The summed E-state index contributed by atoms with van der Waals surface area (Å²) in [6.07, 6.45) is 8.38. The molecule has 1 aromatic carbocycles. The molecule has 0 unspecified atom stereocenters. The minimum absolute atomic E-state index is 0.0356. The first-order valence-corrected chi connectivity index (χ1v) is 11.1. The second kappa shape index (κ2) is 10.2. The van der Waals surface area contributed by atoms with Gasteiger partial charge in [0.2, 0.25) is 5.95 Å². The van der Waals surface area contributed by atoms with Crippen LogP contribution in [0.3, 0.4) is 0 Å². The number of carbonyl (C=O) groups excluding carboxylic acids is 2. The zero-order valence-electron chi connectivity index (χ0n) is 19.3. The van der Waals surface area contributed by atoms with Gasteiger partial charge in [0.1, 0.15) is 0 Å². The molecule has 0 saturated carbocycles. The van der Waals surface area contributed by atoms with E-state index in [2.05, 4.69) is 25.9 Å². The number of methoxy groups -OCH3 is 1. The van der Waals surface area contributed by atoms with Gasteiger partial charge < -0.3 is 26.0 Å². The lowest BCUT2D eigenvalue weighted by atomic mass is 9.96. The highest BCUT2D eigenvalue weighted by Gasteiger charge is 2.28. The molecule has 3 heterocycles. The first kappa shape index (κ1) is 23.7. The van der Waals surface area contributed by atoms with E-state index in [1.807, 2.05) is 17.0 Å². The standard InChI is InChI=1S/C24H26N8O3/c1-3-10-32(14-17-13-27-21-19(28-17)20(25)29-24(26)30-21)18-6-4-15(5-7-18)22(33)31-11-8-16(9-12-31)23(34)35-2/h1,4-7,13,16H,8-12,14H2,2H3,(H4,25,26,27,29,30). The summed E-state index contributed by atoms with van der Waals surface area (Å²) in [5.74, 6) is 2.40. The number of amides is 1. The number of piperidine rings is 1. The smallest absolute Gasteiger partial charge is 0.308 e. The molecule has 1 aliphatic rings. The van der Waals surface area contributed by atoms with Crippen molar-refractivity contribution in [2.75, 3.05) is 43.1 Å². The van der Waals surface area contributed by atoms with Gasteiger partial charge in [0.15, 0.2) is 17.0 Å². The number of hydrogen-bond acceptors (Lipinski definition) is 10. The second-order valence-electron chi connectivity index (χ2n) is 8.20. The van der Waals surface area contributed by atoms with E-state index in [-0.39, 0.29) is 29.6 Å². The van der Waals surface area contributed by atoms with Crippen LogP contribution < -0.4 is 16.4 Å². The van der Waals surface area contributed by atoms with Crippen LogP contribution in [0.1, 0.15) is 28.9 Å². The van der Waals surface area contributed by atoms with Crippen LogP contribution in [0.15, 0.2) is 30.5 Å². The lowest BCUT2D eigenvalue weighted by molar-refractivity contribution is -0.146. The number of rotatable bonds is 6. The molecule has 1 aliphatic heterocycles. The van der Waals surface area contributed by atoms with E-state index >= 15 is 0 Å². The Labute approximate surface area is 202 Å². The van der Waals surface area contributed by atoms with Crippen molar-refractivity contribution in [2.45, 2.75) is 19.4 Å². The van der Waals surface area contributed by atoms with Crippen molar-refractivity contribution in [1.82, 2.24) is 24.8 Å². The van der Waals surface area contributed by atoms with E-state index in [0.29, 0.717) is 61.4 Å². The van der Waals surface area contributed by atoms with Gasteiger partial charge in [-0.25, -0.2) is 9.97 Å². The summed E-state index contributed by atoms with van der Waals surface area (Å²) in [6, 6.07) is 7.24. The summed E-state index contributed by atoms with van der Waals surface area (Å²) in [5.41, 5.74) is 14.3. The molecule has 3 aromatic rings. The van der Waals surface area contributed by atoms with Crippen molar-refractivity contribution in [1.29, 1.82) is 0 Å². The van der Waals surface area contributed by atoms with Gasteiger partial charge >= 0.3 is 5.97 Å². The van der Waals surface area contributed by atoms with Gasteiger partial charge in [-0.15, -0.1) is 6.42 Å². The molecule has 0 radical (unpaired) electrons. The maximum absolute atomic E-state index is 12.9. The van der Waals surface area contributed by atoms with E-state index in [0.717, 1.165) is 5.69 Å². The molecule has 11 nitrogen and oxygen atoms in total. The van der Waals surface area contributed by atoms with Crippen molar-refractivity contribution >= 4 is 40.5 Å². The molecule has 1 amide bonds. The van der Waals surface area contributed by atoms with E-state index in [1.165, 1.54) is 7.11 Å². The zero-order valence-corrected chi connectivity index (χ0v) is 19.3. The first-order chi connectivity index (χ1) is 16.9. The summed E-state index contributed by atoms with van der Waals surface area (Å²) < 4.78 is 4.81. The summed E-state index contributed by atoms with van der Waals surface area (Å²) in [6.45, 7) is 1.72. The fraction of sp³-hybridized carbons (Fsp3) is 0.333. The highest BCUT2D eigenvalue weighted by molar-refractivity contribution is 5.94. The SMILES string of the molecule is C#CCN(Cc1cnc2nc(N)nc(N)c2n1)c1ccc(C(=O)N2CCC(C(=O)OC)CC2)cc1. The lowest BCUT2D eigenvalue weighted by Gasteiger charge is -2.31. The van der Waals surface area contributed by atoms with Crippen LogP contribution in [-0.2, 0) is 16.1 Å². The van der Waals surface area contributed by atoms with E-state index in [1.54, 1.807) is 23.2 Å². The third-order valence-electron chi connectivity index (χ3n) is 5.93. The number of carbonyl (C=O) groups is 2. The summed E-state index contributed by atoms with van der Waals surface area (Å²) in [5, 5.41) is 0. The van der Waals surface area contributed by atoms with Crippen molar-refractivity contribution in [2.24, 2.45) is 5.92 Å². The topological polar surface area (TPSA) is 153 Å². The van der Waals surface area contributed by atoms with Crippen LogP contribution in [0.5, 0.6) is 0 Å². The highest BCUT2D eigenvalue weighted by Crippen LogP contribution is 2.23. The number of benzene rings is 1. The molecule has 11 heteroatoms. The van der Waals surface area contributed by atoms with Gasteiger partial charge in [-0.05, 0) is 37.1 Å². The van der Waals surface area contributed by atoms with Gasteiger partial charge in [0.25, 0.3) is 5.91 Å². The second-order valence-corrected chi connectivity index (χ2v) is 8.20. The number of likely N-dealkylation sites (tertiary alicyclic amines) is 1. The fourth-order valence-electron chi connectivity index (χ4n) is 4.09. The third kappa shape index (κ3) is 5.22. The predicted octanol–water partition coefficient (Wildman–Crippen LogP) is 1.25. The van der Waals surface area contributed by atoms with Gasteiger partial charge in [-0.2, -0.15) is 9.97 Å². The molecule has 1 saturated heterocycles. The van der Waals surface area contributed by atoms with Crippen LogP contribution >= 0.6 is 0 Å². The minimum Gasteiger partial charge on any atom is -0.469 e. The molecule has 0 bridgehead atoms. The quantitative estimate of drug-likeness (QED) is 0.394. The number of hydrogen-bond donors (Lipinski definition) is 2. The molecule has 4 rings (SSSR count). The molecule has 1 fully saturated rings. The van der Waals surface area contributed by atoms with E-state index in [9.17, 15) is 9.59 Å². The van der Waals surface area contributed by atoms with Crippen molar-refractivity contribution < 1.29 is 14.3 Å². The minimum atomic E-state index is -0.217. The van der Waals surface area contributed by atoms with Crippen LogP contribution in [0.25, 0.3) is 11.2 Å². The van der Waals surface area contributed by atoms with Gasteiger partial charge in [-0.1, -0.05) is 5.92 Å². The van der Waals surface area contributed by atoms with Crippen LogP contribution in [0.2, 0.25) is 0 Å². The molecular weight excluding hydrogens is 448 g/mol. The molecule has 180 valence electrons. The summed E-state index contributed by atoms with van der Waals surface area (Å²) >= 11 is 0. The predicted molar refractivity (Wildman–Crippen MR) is 131 cm³/mol. The molecular formula is C24H26N8O3. The number of fused-ring (bicyclic) bond motifs is 1. The Hall–Kier alpha value is -4.46. The maximum atomic E-state index is 12.9. The molecule has 35 heavy (non-hydrogen) atoms. The Balaban J connectivity index is 1.46. The number of anilines is 3. The number of aromatic nitrogens is 4. The monoisotopic (exact) mass is 474 g/mol. The Morgan fingerprint density at radius 3 is 2.54 bits per heavy atom. The first-order valence-electron chi connectivity index (χ1n) is 11.1.